The predicted octanol–water partition coefficient (Wildman–Crippen LogP) is 5.69. The molecule has 3 heterocycles. The minimum atomic E-state index is -1.75. The van der Waals surface area contributed by atoms with Gasteiger partial charge in [-0.05, 0) is 105 Å². The summed E-state index contributed by atoms with van der Waals surface area (Å²) in [5.41, 5.74) is 0.544. The maximum Gasteiger partial charge on any atom is 0.303 e. The van der Waals surface area contributed by atoms with Crippen LogP contribution in [-0.2, 0) is 158 Å². The number of carbonyl (C=O) groups excluding carboxylic acids is 16. The summed E-state index contributed by atoms with van der Waals surface area (Å²) in [6.07, 6.45) is -8.96. The number of aliphatic hydroxyl groups is 1. The first-order valence-corrected chi connectivity index (χ1v) is 47.2. The molecule has 3 aliphatic rings. The van der Waals surface area contributed by atoms with Gasteiger partial charge in [-0.25, -0.2) is 0 Å². The van der Waals surface area contributed by atoms with Crippen molar-refractivity contribution in [3.63, 3.8) is 0 Å². The standard InChI is InChI=1S/C97H141N7O35/c1-60(105)100-84-90(134-69(10)114)87(131-66(7)111)78(57-127-63(4)108)137-94(84)124-53-29-18-15-24-36-81(118)98-47-32-51-103(83(120)38-26-17-20-31-55-126-96-86(102-62(3)107)92(136-71(12)116)89(133-68(9)113)80(139-96)59-129-65(6)110)49-27-28-50-104(93(121)77(117)56-130-97(72-34-22-21-23-35-72,73-39-43-75(122-13)44-40-73)74-41-45-76(123-14)46-42-74)52-33-48-99-82(119)37-25-16-19-30-54-125-95-85(101-61(2)106)91(135-70(11)115)88(132-67(8)112)79(138-95)58-128-64(5)109/h21-23,34-35,39-46,77-80,84-92,94-96,117H,15-20,24-33,36-38,47-59H2,1-14H3,(H,98,118)(H,99,119)(H,100,105)(H,101,106)(H,102,107)/t77?,78?,79?,80?,84?,85?,86?,87-,88-,89-,90+,91+,92+,94+,95+,96+/m0/s1. The number of nitrogens with zero attached hydrogens (tertiary/aromatic N) is 2. The van der Waals surface area contributed by atoms with Crippen molar-refractivity contribution in [2.24, 2.45) is 0 Å². The Morgan fingerprint density at radius 2 is 0.655 bits per heavy atom. The Hall–Kier alpha value is -11.5. The molecular weight excluding hydrogens is 1820 g/mol. The number of nitrogens with one attached hydrogen (secondary N) is 5. The molecule has 0 aromatic heterocycles. The Morgan fingerprint density at radius 1 is 0.353 bits per heavy atom. The number of ether oxygens (including phenoxy) is 18. The van der Waals surface area contributed by atoms with Gasteiger partial charge >= 0.3 is 53.7 Å². The number of benzene rings is 3. The number of esters is 9. The molecule has 3 saturated heterocycles. The van der Waals surface area contributed by atoms with E-state index in [1.165, 1.54) is 46.4 Å². The van der Waals surface area contributed by atoms with Crippen LogP contribution >= 0.6 is 0 Å². The Morgan fingerprint density at radius 3 is 0.978 bits per heavy atom. The van der Waals surface area contributed by atoms with Crippen LogP contribution in [0.1, 0.15) is 222 Å². The van der Waals surface area contributed by atoms with E-state index in [0.29, 0.717) is 125 Å². The van der Waals surface area contributed by atoms with Crippen LogP contribution < -0.4 is 36.1 Å². The topological polar surface area (TPSA) is 526 Å². The average Bonchev–Trinajstić information content (AvgIpc) is 0.748. The Kier molecular flexibility index (Phi) is 51.7. The van der Waals surface area contributed by atoms with Crippen molar-refractivity contribution < 1.29 is 167 Å². The van der Waals surface area contributed by atoms with Crippen LogP contribution in [0.5, 0.6) is 11.5 Å². The number of aliphatic hydroxyl groups excluding tert-OH is 1. The van der Waals surface area contributed by atoms with Crippen LogP contribution in [0.4, 0.5) is 0 Å². The largest absolute Gasteiger partial charge is 0.497 e. The fourth-order valence-corrected chi connectivity index (χ4v) is 16.3. The predicted molar refractivity (Wildman–Crippen MR) is 491 cm³/mol. The van der Waals surface area contributed by atoms with Crippen LogP contribution in [0.25, 0.3) is 0 Å². The quantitative estimate of drug-likeness (QED) is 0.0171. The van der Waals surface area contributed by atoms with Crippen molar-refractivity contribution >= 4 is 95.1 Å². The molecule has 6 N–H and O–H groups in total. The Labute approximate surface area is 810 Å². The molecular formula is C97H141N7O35. The van der Waals surface area contributed by atoms with E-state index in [2.05, 4.69) is 26.6 Å². The molecule has 139 heavy (non-hydrogen) atoms. The van der Waals surface area contributed by atoms with Crippen LogP contribution in [-0.4, -0.2) is 308 Å². The van der Waals surface area contributed by atoms with E-state index in [1.807, 2.05) is 54.6 Å². The normalized spacial score (nSPS) is 21.2. The Bertz CT molecular complexity index is 4360. The number of amides is 7. The van der Waals surface area contributed by atoms with E-state index in [0.717, 1.165) is 41.5 Å². The number of carbonyl (C=O) groups is 16. The first-order valence-electron chi connectivity index (χ1n) is 47.2. The molecule has 3 aliphatic heterocycles. The summed E-state index contributed by atoms with van der Waals surface area (Å²) in [7, 11) is 3.09. The van der Waals surface area contributed by atoms with Gasteiger partial charge in [0.2, 0.25) is 35.4 Å². The molecule has 3 aromatic rings. The van der Waals surface area contributed by atoms with Crippen molar-refractivity contribution in [3.8, 4) is 11.5 Å². The van der Waals surface area contributed by atoms with Crippen LogP contribution in [0.15, 0.2) is 78.9 Å². The van der Waals surface area contributed by atoms with Gasteiger partial charge in [-0.15, -0.1) is 0 Å². The molecule has 3 fully saturated rings. The van der Waals surface area contributed by atoms with Gasteiger partial charge in [-0.2, -0.15) is 0 Å². The number of hydrogen-bond donors (Lipinski definition) is 6. The molecule has 16 atom stereocenters. The zero-order valence-corrected chi connectivity index (χ0v) is 82.1. The number of hydrogen-bond acceptors (Lipinski definition) is 35. The molecule has 0 saturated carbocycles. The molecule has 3 aromatic carbocycles. The minimum Gasteiger partial charge on any atom is -0.497 e. The van der Waals surface area contributed by atoms with Crippen molar-refractivity contribution in [2.75, 3.05) is 99.7 Å². The third-order valence-electron chi connectivity index (χ3n) is 22.5. The van der Waals surface area contributed by atoms with Crippen molar-refractivity contribution in [3.05, 3.63) is 95.6 Å². The van der Waals surface area contributed by atoms with Gasteiger partial charge in [-0.3, -0.25) is 76.7 Å². The summed E-state index contributed by atoms with van der Waals surface area (Å²) in [6, 6.07) is 20.4. The second-order valence-electron chi connectivity index (χ2n) is 33.9. The van der Waals surface area contributed by atoms with E-state index < -0.39 is 207 Å². The molecule has 0 bridgehead atoms. The highest BCUT2D eigenvalue weighted by Gasteiger charge is 2.55. The van der Waals surface area contributed by atoms with E-state index in [9.17, 15) is 77.0 Å². The molecule has 7 amide bonds. The summed E-state index contributed by atoms with van der Waals surface area (Å²) >= 11 is 0. The second-order valence-corrected chi connectivity index (χ2v) is 33.9. The zero-order valence-electron chi connectivity index (χ0n) is 82.1. The van der Waals surface area contributed by atoms with Gasteiger partial charge in [0.1, 0.15) is 73.4 Å². The molecule has 42 nitrogen and oxygen atoms in total. The van der Waals surface area contributed by atoms with Gasteiger partial charge in [0, 0.05) is 161 Å². The van der Waals surface area contributed by atoms with Crippen molar-refractivity contribution in [2.45, 2.75) is 309 Å². The Balaban J connectivity index is 1.15. The zero-order chi connectivity index (χ0) is 102. The number of methoxy groups -OCH3 is 2. The second kappa shape index (κ2) is 61.8. The van der Waals surface area contributed by atoms with Gasteiger partial charge in [0.25, 0.3) is 5.91 Å². The maximum atomic E-state index is 15.1. The monoisotopic (exact) mass is 1960 g/mol. The highest BCUT2D eigenvalue weighted by molar-refractivity contribution is 5.81. The van der Waals surface area contributed by atoms with Gasteiger partial charge in [0.05, 0.1) is 20.8 Å². The first-order chi connectivity index (χ1) is 66.3. The third-order valence-corrected chi connectivity index (χ3v) is 22.5. The summed E-state index contributed by atoms with van der Waals surface area (Å²) in [5, 5.41) is 26.2. The lowest BCUT2D eigenvalue weighted by molar-refractivity contribution is -0.277. The molecule has 0 spiro atoms. The van der Waals surface area contributed by atoms with E-state index in [4.69, 9.17) is 85.3 Å². The summed E-state index contributed by atoms with van der Waals surface area (Å²) < 4.78 is 104. The van der Waals surface area contributed by atoms with Crippen LogP contribution in [0.2, 0.25) is 0 Å². The lowest BCUT2D eigenvalue weighted by Gasteiger charge is -2.44. The summed E-state index contributed by atoms with van der Waals surface area (Å²) in [6.45, 7) is 13.4. The van der Waals surface area contributed by atoms with Gasteiger partial charge in [-0.1, -0.05) is 93.1 Å². The number of unbranched alkanes of at least 4 members (excludes halogenated alkanes) is 10. The fourth-order valence-electron chi connectivity index (χ4n) is 16.3. The first kappa shape index (κ1) is 116. The molecule has 0 aliphatic carbocycles. The van der Waals surface area contributed by atoms with Gasteiger partial charge in [0.15, 0.2) is 61.6 Å². The minimum absolute atomic E-state index is 0.0433. The molecule has 774 valence electrons. The average molecular weight is 1970 g/mol. The fraction of sp³-hybridized carbons (Fsp3) is 0.649. The summed E-state index contributed by atoms with van der Waals surface area (Å²) in [4.78, 5) is 207. The highest BCUT2D eigenvalue weighted by Crippen LogP contribution is 2.43. The number of rotatable bonds is 61. The maximum absolute atomic E-state index is 15.1. The van der Waals surface area contributed by atoms with Gasteiger partial charge < -0.3 is 127 Å². The SMILES string of the molecule is COc1ccc(C(OCC(O)C(=O)N(CCCCN(CCCNC(=O)CCCCCCO[C@@H]2OC(COC(C)=O)[C@H](OC(C)=O)[C@H](OC(C)=O)C2NC(C)=O)C(=O)CCCCCCO[C@@H]2OC(COC(C)=O)[C@H](OC(C)=O)[C@H](OC(C)=O)C2NC(C)=O)CCCNC(=O)CCCCCCO[C@@H]2OC(COC(C)=O)[C@H](OC(C)=O)[C@H](OC(C)=O)C2NC(C)=O)(c2ccccc2)c2ccc(OC)cc2)cc1. The van der Waals surface area contributed by atoms with Crippen molar-refractivity contribution in [1.82, 2.24) is 36.4 Å². The molecule has 0 radical (unpaired) electrons. The van der Waals surface area contributed by atoms with Crippen LogP contribution in [0, 0.1) is 0 Å². The molecule has 7 unspecified atom stereocenters. The third kappa shape index (κ3) is 41.0. The summed E-state index contributed by atoms with van der Waals surface area (Å²) in [5.74, 6) is -8.37. The van der Waals surface area contributed by atoms with E-state index in [-0.39, 0.29) is 102 Å². The lowest BCUT2D eigenvalue weighted by atomic mass is 9.80. The lowest BCUT2D eigenvalue weighted by Crippen LogP contribution is -2.66. The van der Waals surface area contributed by atoms with E-state index >= 15 is 4.79 Å². The van der Waals surface area contributed by atoms with Crippen LogP contribution in [0.3, 0.4) is 0 Å². The van der Waals surface area contributed by atoms with E-state index in [1.54, 1.807) is 43.4 Å². The van der Waals surface area contributed by atoms with Crippen molar-refractivity contribution in [1.29, 1.82) is 0 Å². The smallest absolute Gasteiger partial charge is 0.303 e. The molecule has 6 rings (SSSR count). The molecule has 42 heteroatoms. The highest BCUT2D eigenvalue weighted by atomic mass is 16.7.